The van der Waals surface area contributed by atoms with Gasteiger partial charge in [0.25, 0.3) is 0 Å². The molecule has 0 aliphatic heterocycles. The molecule has 0 saturated heterocycles. The van der Waals surface area contributed by atoms with Crippen molar-refractivity contribution in [1.82, 2.24) is 4.98 Å². The molecule has 2 aromatic rings. The van der Waals surface area contributed by atoms with E-state index in [1.807, 2.05) is 18.2 Å². The SMILES string of the molecule is COc1cccc(C(Cc2ccncc2)C(=O)O)c1. The van der Waals surface area contributed by atoms with Crippen LogP contribution >= 0.6 is 0 Å². The molecule has 1 aromatic heterocycles. The third kappa shape index (κ3) is 3.31. The highest BCUT2D eigenvalue weighted by Gasteiger charge is 2.20. The van der Waals surface area contributed by atoms with Crippen LogP contribution in [0.4, 0.5) is 0 Å². The summed E-state index contributed by atoms with van der Waals surface area (Å²) in [5.74, 6) is -0.763. The second kappa shape index (κ2) is 6.00. The molecule has 4 heteroatoms. The Morgan fingerprint density at radius 3 is 2.68 bits per heavy atom. The number of pyridine rings is 1. The number of carboxylic acids is 1. The van der Waals surface area contributed by atoms with E-state index in [9.17, 15) is 9.90 Å². The summed E-state index contributed by atoms with van der Waals surface area (Å²) in [6.45, 7) is 0. The lowest BCUT2D eigenvalue weighted by Crippen LogP contribution is -2.14. The minimum atomic E-state index is -0.843. The third-order valence-corrected chi connectivity index (χ3v) is 2.98. The summed E-state index contributed by atoms with van der Waals surface area (Å²) in [5, 5.41) is 9.40. The molecular formula is C15H15NO3. The van der Waals surface area contributed by atoms with Gasteiger partial charge in [0, 0.05) is 12.4 Å². The fraction of sp³-hybridized carbons (Fsp3) is 0.200. The molecule has 2 rings (SSSR count). The van der Waals surface area contributed by atoms with E-state index in [4.69, 9.17) is 4.74 Å². The standard InChI is InChI=1S/C15H15NO3/c1-19-13-4-2-3-12(10-13)14(15(17)18)9-11-5-7-16-8-6-11/h2-8,10,14H,9H2,1H3,(H,17,18). The number of carbonyl (C=O) groups is 1. The van der Waals surface area contributed by atoms with Gasteiger partial charge in [0.05, 0.1) is 13.0 Å². The second-order valence-corrected chi connectivity index (χ2v) is 4.23. The summed E-state index contributed by atoms with van der Waals surface area (Å²) in [5.41, 5.74) is 1.69. The van der Waals surface area contributed by atoms with E-state index in [0.717, 1.165) is 11.1 Å². The van der Waals surface area contributed by atoms with E-state index >= 15 is 0 Å². The number of hydrogen-bond donors (Lipinski definition) is 1. The number of benzene rings is 1. The Hall–Kier alpha value is -2.36. The van der Waals surface area contributed by atoms with Crippen molar-refractivity contribution in [3.05, 3.63) is 59.9 Å². The summed E-state index contributed by atoms with van der Waals surface area (Å²) in [6, 6.07) is 10.8. The molecule has 0 aliphatic carbocycles. The lowest BCUT2D eigenvalue weighted by molar-refractivity contribution is -0.138. The monoisotopic (exact) mass is 257 g/mol. The van der Waals surface area contributed by atoms with Gasteiger partial charge < -0.3 is 9.84 Å². The topological polar surface area (TPSA) is 59.4 Å². The van der Waals surface area contributed by atoms with Crippen molar-refractivity contribution in [2.75, 3.05) is 7.11 Å². The lowest BCUT2D eigenvalue weighted by atomic mass is 9.92. The van der Waals surface area contributed by atoms with Crippen LogP contribution in [-0.2, 0) is 11.2 Å². The first kappa shape index (κ1) is 13.1. The Bertz CT molecular complexity index is 554. The van der Waals surface area contributed by atoms with Crippen molar-refractivity contribution in [2.24, 2.45) is 0 Å². The summed E-state index contributed by atoms with van der Waals surface area (Å²) in [4.78, 5) is 15.4. The van der Waals surface area contributed by atoms with Gasteiger partial charge in [-0.25, -0.2) is 0 Å². The van der Waals surface area contributed by atoms with Gasteiger partial charge in [-0.2, -0.15) is 0 Å². The molecule has 98 valence electrons. The zero-order valence-electron chi connectivity index (χ0n) is 10.6. The number of carboxylic acid groups (broad SMARTS) is 1. The molecule has 1 heterocycles. The average molecular weight is 257 g/mol. The minimum absolute atomic E-state index is 0.436. The van der Waals surface area contributed by atoms with Crippen LogP contribution in [-0.4, -0.2) is 23.2 Å². The molecule has 1 unspecified atom stereocenters. The Morgan fingerprint density at radius 2 is 2.05 bits per heavy atom. The van der Waals surface area contributed by atoms with Crippen molar-refractivity contribution in [3.8, 4) is 5.75 Å². The largest absolute Gasteiger partial charge is 0.497 e. The number of ether oxygens (including phenoxy) is 1. The van der Waals surface area contributed by atoms with Crippen LogP contribution in [0.2, 0.25) is 0 Å². The Kier molecular flexibility index (Phi) is 4.13. The zero-order valence-corrected chi connectivity index (χ0v) is 10.6. The van der Waals surface area contributed by atoms with Crippen molar-refractivity contribution in [2.45, 2.75) is 12.3 Å². The molecule has 0 spiro atoms. The fourth-order valence-corrected chi connectivity index (χ4v) is 1.96. The number of rotatable bonds is 5. The van der Waals surface area contributed by atoms with Crippen molar-refractivity contribution < 1.29 is 14.6 Å². The molecule has 0 amide bonds. The first-order valence-corrected chi connectivity index (χ1v) is 5.96. The molecule has 1 N–H and O–H groups in total. The minimum Gasteiger partial charge on any atom is -0.497 e. The smallest absolute Gasteiger partial charge is 0.311 e. The quantitative estimate of drug-likeness (QED) is 0.894. The van der Waals surface area contributed by atoms with Gasteiger partial charge in [-0.1, -0.05) is 12.1 Å². The maximum Gasteiger partial charge on any atom is 0.311 e. The van der Waals surface area contributed by atoms with E-state index in [0.29, 0.717) is 12.2 Å². The van der Waals surface area contributed by atoms with Crippen LogP contribution in [0, 0.1) is 0 Å². The number of nitrogens with zero attached hydrogens (tertiary/aromatic N) is 1. The van der Waals surface area contributed by atoms with Gasteiger partial charge in [-0.3, -0.25) is 9.78 Å². The van der Waals surface area contributed by atoms with Gasteiger partial charge in [0.2, 0.25) is 0 Å². The molecule has 0 bridgehead atoms. The number of aromatic nitrogens is 1. The fourth-order valence-electron chi connectivity index (χ4n) is 1.96. The van der Waals surface area contributed by atoms with Crippen molar-refractivity contribution >= 4 is 5.97 Å². The summed E-state index contributed by atoms with van der Waals surface area (Å²) < 4.78 is 5.13. The van der Waals surface area contributed by atoms with E-state index in [2.05, 4.69) is 4.98 Å². The van der Waals surface area contributed by atoms with Crippen molar-refractivity contribution in [1.29, 1.82) is 0 Å². The highest BCUT2D eigenvalue weighted by atomic mass is 16.5. The van der Waals surface area contributed by atoms with Crippen LogP contribution in [0.3, 0.4) is 0 Å². The van der Waals surface area contributed by atoms with Gasteiger partial charge in [0.15, 0.2) is 0 Å². The summed E-state index contributed by atoms with van der Waals surface area (Å²) >= 11 is 0. The molecular weight excluding hydrogens is 242 g/mol. The van der Waals surface area contributed by atoms with Crippen molar-refractivity contribution in [3.63, 3.8) is 0 Å². The number of aliphatic carboxylic acids is 1. The maximum atomic E-state index is 11.4. The van der Waals surface area contributed by atoms with Crippen LogP contribution in [0.5, 0.6) is 5.75 Å². The molecule has 1 atom stereocenters. The molecule has 0 saturated carbocycles. The summed E-state index contributed by atoms with van der Waals surface area (Å²) in [6.07, 6.45) is 3.77. The Morgan fingerprint density at radius 1 is 1.32 bits per heavy atom. The van der Waals surface area contributed by atoms with E-state index in [-0.39, 0.29) is 0 Å². The van der Waals surface area contributed by atoms with Crippen LogP contribution in [0.15, 0.2) is 48.8 Å². The lowest BCUT2D eigenvalue weighted by Gasteiger charge is -2.13. The number of hydrogen-bond acceptors (Lipinski definition) is 3. The van der Waals surface area contributed by atoms with E-state index in [1.54, 1.807) is 37.7 Å². The molecule has 19 heavy (non-hydrogen) atoms. The molecule has 4 nitrogen and oxygen atoms in total. The van der Waals surface area contributed by atoms with Gasteiger partial charge in [-0.05, 0) is 41.8 Å². The highest BCUT2D eigenvalue weighted by molar-refractivity contribution is 5.76. The summed E-state index contributed by atoms with van der Waals surface area (Å²) in [7, 11) is 1.57. The first-order valence-electron chi connectivity index (χ1n) is 5.96. The number of methoxy groups -OCH3 is 1. The van der Waals surface area contributed by atoms with Gasteiger partial charge in [0.1, 0.15) is 5.75 Å². The Labute approximate surface area is 111 Å². The molecule has 0 fully saturated rings. The Balaban J connectivity index is 2.27. The van der Waals surface area contributed by atoms with Crippen LogP contribution in [0.1, 0.15) is 17.0 Å². The van der Waals surface area contributed by atoms with E-state index < -0.39 is 11.9 Å². The predicted octanol–water partition coefficient (Wildman–Crippen LogP) is 2.50. The average Bonchev–Trinajstić information content (AvgIpc) is 2.45. The first-order chi connectivity index (χ1) is 9.20. The maximum absolute atomic E-state index is 11.4. The highest BCUT2D eigenvalue weighted by Crippen LogP contribution is 2.24. The second-order valence-electron chi connectivity index (χ2n) is 4.23. The molecule has 1 aromatic carbocycles. The van der Waals surface area contributed by atoms with Crippen LogP contribution < -0.4 is 4.74 Å². The van der Waals surface area contributed by atoms with Gasteiger partial charge in [-0.15, -0.1) is 0 Å². The van der Waals surface area contributed by atoms with Crippen LogP contribution in [0.25, 0.3) is 0 Å². The molecule has 0 aliphatic rings. The normalized spacial score (nSPS) is 11.8. The third-order valence-electron chi connectivity index (χ3n) is 2.98. The van der Waals surface area contributed by atoms with Gasteiger partial charge >= 0.3 is 5.97 Å². The predicted molar refractivity (Wildman–Crippen MR) is 71.3 cm³/mol. The van der Waals surface area contributed by atoms with E-state index in [1.165, 1.54) is 0 Å². The zero-order chi connectivity index (χ0) is 13.7. The molecule has 0 radical (unpaired) electrons.